The molecule has 0 aliphatic heterocycles. The fourth-order valence-electron chi connectivity index (χ4n) is 2.52. The number of hydrogen-bond acceptors (Lipinski definition) is 3. The third-order valence-electron chi connectivity index (χ3n) is 3.57. The molecule has 2 rings (SSSR count). The molecule has 88 valence electrons. The Labute approximate surface area is 96.2 Å². The third-order valence-corrected chi connectivity index (χ3v) is 3.57. The van der Waals surface area contributed by atoms with Crippen molar-refractivity contribution in [3.8, 4) is 0 Å². The highest BCUT2D eigenvalue weighted by molar-refractivity contribution is 5.38. The van der Waals surface area contributed by atoms with Crippen LogP contribution < -0.4 is 0 Å². The summed E-state index contributed by atoms with van der Waals surface area (Å²) in [5, 5.41) is 18.9. The van der Waals surface area contributed by atoms with Crippen molar-refractivity contribution in [1.29, 1.82) is 0 Å². The molecule has 3 heteroatoms. The molecule has 2 N–H and O–H groups in total. The van der Waals surface area contributed by atoms with Crippen LogP contribution in [0.15, 0.2) is 12.3 Å². The normalized spacial score (nSPS) is 17.8. The fraction of sp³-hybridized carbons (Fsp3) is 0.615. The first-order chi connectivity index (χ1) is 7.62. The number of nitrogens with zero attached hydrogens (tertiary/aromatic N) is 1. The SMILES string of the molecule is CC(C)c1ccnc2c1CC(CO)(CO)C2. The highest BCUT2D eigenvalue weighted by Gasteiger charge is 2.38. The topological polar surface area (TPSA) is 53.4 Å². The predicted molar refractivity (Wildman–Crippen MR) is 62.3 cm³/mol. The number of aliphatic hydroxyl groups is 2. The molecule has 1 aliphatic rings. The standard InChI is InChI=1S/C13H19NO2/c1-9(2)10-3-4-14-12-6-13(7-15,8-16)5-11(10)12/h3-4,9,15-16H,5-8H2,1-2H3. The van der Waals surface area contributed by atoms with Gasteiger partial charge < -0.3 is 10.2 Å². The van der Waals surface area contributed by atoms with Gasteiger partial charge in [0.2, 0.25) is 0 Å². The van der Waals surface area contributed by atoms with Gasteiger partial charge in [-0.3, -0.25) is 4.98 Å². The van der Waals surface area contributed by atoms with E-state index in [1.54, 1.807) is 0 Å². The molecule has 3 nitrogen and oxygen atoms in total. The lowest BCUT2D eigenvalue weighted by Gasteiger charge is -2.23. The van der Waals surface area contributed by atoms with Gasteiger partial charge in [0, 0.05) is 23.7 Å². The van der Waals surface area contributed by atoms with Crippen LogP contribution in [0, 0.1) is 5.41 Å². The lowest BCUT2D eigenvalue weighted by Crippen LogP contribution is -2.30. The van der Waals surface area contributed by atoms with Crippen molar-refractivity contribution < 1.29 is 10.2 Å². The van der Waals surface area contributed by atoms with Gasteiger partial charge in [0.25, 0.3) is 0 Å². The zero-order valence-electron chi connectivity index (χ0n) is 9.90. The highest BCUT2D eigenvalue weighted by atomic mass is 16.3. The summed E-state index contributed by atoms with van der Waals surface area (Å²) in [6.45, 7) is 4.37. The van der Waals surface area contributed by atoms with E-state index < -0.39 is 0 Å². The molecule has 0 atom stereocenters. The Morgan fingerprint density at radius 1 is 1.31 bits per heavy atom. The van der Waals surface area contributed by atoms with Gasteiger partial charge in [0.1, 0.15) is 0 Å². The largest absolute Gasteiger partial charge is 0.396 e. The van der Waals surface area contributed by atoms with Gasteiger partial charge in [-0.1, -0.05) is 13.8 Å². The molecule has 0 spiro atoms. The Hall–Kier alpha value is -0.930. The zero-order valence-corrected chi connectivity index (χ0v) is 9.90. The molecule has 1 aliphatic carbocycles. The second-order valence-electron chi connectivity index (χ2n) is 5.15. The van der Waals surface area contributed by atoms with Gasteiger partial charge in [-0.2, -0.15) is 0 Å². The summed E-state index contributed by atoms with van der Waals surface area (Å²) in [5.41, 5.74) is 3.20. The Morgan fingerprint density at radius 2 is 2.00 bits per heavy atom. The van der Waals surface area contributed by atoms with Crippen molar-refractivity contribution in [3.05, 3.63) is 29.1 Å². The molecule has 1 heterocycles. The average molecular weight is 221 g/mol. The molecule has 0 bridgehead atoms. The number of hydrogen-bond donors (Lipinski definition) is 2. The quantitative estimate of drug-likeness (QED) is 0.808. The Bertz CT molecular complexity index is 384. The van der Waals surface area contributed by atoms with Gasteiger partial charge >= 0.3 is 0 Å². The number of rotatable bonds is 3. The molecule has 0 radical (unpaired) electrons. The minimum atomic E-state index is -0.389. The Morgan fingerprint density at radius 3 is 2.56 bits per heavy atom. The fourth-order valence-corrected chi connectivity index (χ4v) is 2.52. The van der Waals surface area contributed by atoms with E-state index >= 15 is 0 Å². The van der Waals surface area contributed by atoms with Gasteiger partial charge in [0.05, 0.1) is 13.2 Å². The van der Waals surface area contributed by atoms with E-state index in [1.807, 2.05) is 12.3 Å². The monoisotopic (exact) mass is 221 g/mol. The van der Waals surface area contributed by atoms with Crippen molar-refractivity contribution in [2.24, 2.45) is 5.41 Å². The van der Waals surface area contributed by atoms with Gasteiger partial charge in [0.15, 0.2) is 0 Å². The van der Waals surface area contributed by atoms with Crippen molar-refractivity contribution in [2.75, 3.05) is 13.2 Å². The maximum absolute atomic E-state index is 9.43. The lowest BCUT2D eigenvalue weighted by molar-refractivity contribution is 0.0629. The summed E-state index contributed by atoms with van der Waals surface area (Å²) in [6, 6.07) is 2.05. The molecule has 0 amide bonds. The number of aliphatic hydroxyl groups excluding tert-OH is 2. The summed E-state index contributed by atoms with van der Waals surface area (Å²) in [7, 11) is 0. The van der Waals surface area contributed by atoms with Crippen LogP contribution in [-0.4, -0.2) is 28.4 Å². The van der Waals surface area contributed by atoms with Gasteiger partial charge in [-0.05, 0) is 29.5 Å². The van der Waals surface area contributed by atoms with Crippen LogP contribution in [0.2, 0.25) is 0 Å². The van der Waals surface area contributed by atoms with Crippen LogP contribution in [0.25, 0.3) is 0 Å². The van der Waals surface area contributed by atoms with Crippen molar-refractivity contribution in [1.82, 2.24) is 4.98 Å². The average Bonchev–Trinajstić information content (AvgIpc) is 2.67. The molecule has 1 aromatic heterocycles. The number of aromatic nitrogens is 1. The van der Waals surface area contributed by atoms with Crippen molar-refractivity contribution >= 4 is 0 Å². The zero-order chi connectivity index (χ0) is 11.8. The summed E-state index contributed by atoms with van der Waals surface area (Å²) < 4.78 is 0. The van der Waals surface area contributed by atoms with E-state index in [0.717, 1.165) is 12.1 Å². The molecule has 0 fully saturated rings. The number of pyridine rings is 1. The van der Waals surface area contributed by atoms with Crippen LogP contribution in [0.5, 0.6) is 0 Å². The Kier molecular flexibility index (Phi) is 3.00. The number of fused-ring (bicyclic) bond motifs is 1. The van der Waals surface area contributed by atoms with E-state index in [2.05, 4.69) is 18.8 Å². The summed E-state index contributed by atoms with van der Waals surface area (Å²) in [5.74, 6) is 0.463. The van der Waals surface area contributed by atoms with Crippen LogP contribution in [0.1, 0.15) is 36.6 Å². The molecule has 0 saturated heterocycles. The van der Waals surface area contributed by atoms with Crippen LogP contribution in [0.4, 0.5) is 0 Å². The van der Waals surface area contributed by atoms with Crippen LogP contribution in [-0.2, 0) is 12.8 Å². The molecule has 1 aromatic rings. The lowest BCUT2D eigenvalue weighted by atomic mass is 9.86. The summed E-state index contributed by atoms with van der Waals surface area (Å²) in [6.07, 6.45) is 3.27. The van der Waals surface area contributed by atoms with Gasteiger partial charge in [-0.25, -0.2) is 0 Å². The van der Waals surface area contributed by atoms with Gasteiger partial charge in [-0.15, -0.1) is 0 Å². The minimum absolute atomic E-state index is 0.0252. The van der Waals surface area contributed by atoms with E-state index in [4.69, 9.17) is 0 Å². The molecule has 0 saturated carbocycles. The van der Waals surface area contributed by atoms with E-state index in [9.17, 15) is 10.2 Å². The third kappa shape index (κ3) is 1.74. The molecular formula is C13H19NO2. The molecular weight excluding hydrogens is 202 g/mol. The van der Waals surface area contributed by atoms with E-state index in [1.165, 1.54) is 11.1 Å². The van der Waals surface area contributed by atoms with Crippen LogP contribution in [0.3, 0.4) is 0 Å². The summed E-state index contributed by atoms with van der Waals surface area (Å²) >= 11 is 0. The first kappa shape index (κ1) is 11.6. The molecule has 0 aromatic carbocycles. The van der Waals surface area contributed by atoms with Crippen molar-refractivity contribution in [3.63, 3.8) is 0 Å². The molecule has 16 heavy (non-hydrogen) atoms. The smallest absolute Gasteiger partial charge is 0.0516 e. The Balaban J connectivity index is 2.40. The van der Waals surface area contributed by atoms with Crippen molar-refractivity contribution in [2.45, 2.75) is 32.6 Å². The second-order valence-corrected chi connectivity index (χ2v) is 5.15. The second kappa shape index (κ2) is 4.15. The van der Waals surface area contributed by atoms with Crippen LogP contribution >= 0.6 is 0 Å². The predicted octanol–water partition coefficient (Wildman–Crippen LogP) is 1.27. The summed E-state index contributed by atoms with van der Waals surface area (Å²) in [4.78, 5) is 4.37. The minimum Gasteiger partial charge on any atom is -0.396 e. The first-order valence-corrected chi connectivity index (χ1v) is 5.80. The maximum Gasteiger partial charge on any atom is 0.0516 e. The van der Waals surface area contributed by atoms with E-state index in [0.29, 0.717) is 12.3 Å². The van der Waals surface area contributed by atoms with E-state index in [-0.39, 0.29) is 18.6 Å². The maximum atomic E-state index is 9.43. The highest BCUT2D eigenvalue weighted by Crippen LogP contribution is 2.38. The first-order valence-electron chi connectivity index (χ1n) is 5.80. The molecule has 0 unspecified atom stereocenters.